The first kappa shape index (κ1) is 16.5. The van der Waals surface area contributed by atoms with Crippen LogP contribution in [0.5, 0.6) is 0 Å². The zero-order valence-corrected chi connectivity index (χ0v) is 14.3. The molecule has 1 aliphatic heterocycles. The Morgan fingerprint density at radius 1 is 1.17 bits per heavy atom. The average Bonchev–Trinajstić information content (AvgIpc) is 2.57. The Balaban J connectivity index is 1.61. The van der Waals surface area contributed by atoms with Gasteiger partial charge in [0.2, 0.25) is 11.8 Å². The Hall–Kier alpha value is -2.33. The second-order valence-electron chi connectivity index (χ2n) is 6.02. The van der Waals surface area contributed by atoms with Crippen LogP contribution in [0.3, 0.4) is 0 Å². The van der Waals surface area contributed by atoms with Gasteiger partial charge in [-0.25, -0.2) is 0 Å². The van der Waals surface area contributed by atoms with Gasteiger partial charge < -0.3 is 10.2 Å². The number of hydrogen-bond donors (Lipinski definition) is 1. The molecule has 0 fully saturated rings. The van der Waals surface area contributed by atoms with Gasteiger partial charge in [-0.3, -0.25) is 9.59 Å². The van der Waals surface area contributed by atoms with Gasteiger partial charge in [-0.05, 0) is 42.2 Å². The number of rotatable bonds is 3. The molecule has 2 amide bonds. The summed E-state index contributed by atoms with van der Waals surface area (Å²) in [5.41, 5.74) is 3.99. The third-order valence-electron chi connectivity index (χ3n) is 4.27. The van der Waals surface area contributed by atoms with Crippen LogP contribution in [0.4, 0.5) is 5.69 Å². The van der Waals surface area contributed by atoms with E-state index in [0.29, 0.717) is 23.8 Å². The fourth-order valence-electron chi connectivity index (χ4n) is 2.88. The van der Waals surface area contributed by atoms with Crippen molar-refractivity contribution in [3.8, 4) is 0 Å². The van der Waals surface area contributed by atoms with E-state index in [4.69, 9.17) is 11.6 Å². The fraction of sp³-hybridized carbons (Fsp3) is 0.263. The molecular formula is C19H19ClN2O2. The molecule has 2 aromatic carbocycles. The molecule has 0 spiro atoms. The number of anilines is 1. The Labute approximate surface area is 146 Å². The number of nitrogens with zero attached hydrogens (tertiary/aromatic N) is 1. The topological polar surface area (TPSA) is 49.4 Å². The van der Waals surface area contributed by atoms with Gasteiger partial charge in [0.1, 0.15) is 6.42 Å². The molecule has 0 aromatic heterocycles. The van der Waals surface area contributed by atoms with Crippen molar-refractivity contribution in [2.75, 3.05) is 11.9 Å². The van der Waals surface area contributed by atoms with E-state index in [-0.39, 0.29) is 18.2 Å². The van der Waals surface area contributed by atoms with Gasteiger partial charge in [-0.15, -0.1) is 0 Å². The van der Waals surface area contributed by atoms with Crippen LogP contribution >= 0.6 is 11.6 Å². The lowest BCUT2D eigenvalue weighted by atomic mass is 10.00. The monoisotopic (exact) mass is 342 g/mol. The summed E-state index contributed by atoms with van der Waals surface area (Å²) in [6.07, 6.45) is 0.672. The van der Waals surface area contributed by atoms with Crippen molar-refractivity contribution in [1.29, 1.82) is 0 Å². The number of carbonyl (C=O) groups excluding carboxylic acids is 2. The fourth-order valence-corrected chi connectivity index (χ4v) is 3.05. The van der Waals surface area contributed by atoms with Crippen LogP contribution < -0.4 is 5.32 Å². The molecule has 0 radical (unpaired) electrons. The molecule has 0 saturated heterocycles. The second-order valence-corrected chi connectivity index (χ2v) is 6.45. The van der Waals surface area contributed by atoms with E-state index < -0.39 is 0 Å². The molecule has 2 aromatic rings. The van der Waals surface area contributed by atoms with Gasteiger partial charge in [0.25, 0.3) is 0 Å². The molecule has 0 bridgehead atoms. The standard InChI is InChI=1S/C19H19ClN2O2/c1-13-6-7-16(20)10-17(13)21-18(23)11-19(24)22-9-8-14-4-2-3-5-15(14)12-22/h2-7,10H,8-9,11-12H2,1H3,(H,21,23). The van der Waals surface area contributed by atoms with Crippen LogP contribution in [0, 0.1) is 6.92 Å². The highest BCUT2D eigenvalue weighted by Gasteiger charge is 2.22. The summed E-state index contributed by atoms with van der Waals surface area (Å²) < 4.78 is 0. The van der Waals surface area contributed by atoms with Crippen molar-refractivity contribution >= 4 is 29.1 Å². The van der Waals surface area contributed by atoms with Gasteiger partial charge >= 0.3 is 0 Å². The van der Waals surface area contributed by atoms with E-state index in [1.807, 2.05) is 31.2 Å². The zero-order valence-electron chi connectivity index (χ0n) is 13.5. The number of nitrogens with one attached hydrogen (secondary N) is 1. The minimum Gasteiger partial charge on any atom is -0.338 e. The maximum atomic E-state index is 12.4. The van der Waals surface area contributed by atoms with E-state index in [9.17, 15) is 9.59 Å². The van der Waals surface area contributed by atoms with Gasteiger partial charge in [0.15, 0.2) is 0 Å². The van der Waals surface area contributed by atoms with Crippen LogP contribution in [0.1, 0.15) is 23.1 Å². The lowest BCUT2D eigenvalue weighted by molar-refractivity contribution is -0.135. The van der Waals surface area contributed by atoms with Crippen molar-refractivity contribution in [1.82, 2.24) is 4.90 Å². The number of benzene rings is 2. The van der Waals surface area contributed by atoms with E-state index in [1.165, 1.54) is 5.56 Å². The summed E-state index contributed by atoms with van der Waals surface area (Å²) in [5, 5.41) is 3.32. The van der Waals surface area contributed by atoms with Crippen molar-refractivity contribution in [2.45, 2.75) is 26.3 Å². The molecular weight excluding hydrogens is 324 g/mol. The third kappa shape index (κ3) is 3.77. The Morgan fingerprint density at radius 2 is 1.92 bits per heavy atom. The molecule has 124 valence electrons. The van der Waals surface area contributed by atoms with Gasteiger partial charge in [-0.2, -0.15) is 0 Å². The molecule has 1 heterocycles. The first-order valence-corrected chi connectivity index (χ1v) is 8.31. The predicted molar refractivity (Wildman–Crippen MR) is 95.0 cm³/mol. The normalized spacial score (nSPS) is 13.3. The number of fused-ring (bicyclic) bond motifs is 1. The summed E-state index contributed by atoms with van der Waals surface area (Å²) in [4.78, 5) is 26.3. The Morgan fingerprint density at radius 3 is 2.71 bits per heavy atom. The molecule has 1 aliphatic rings. The zero-order chi connectivity index (χ0) is 17.1. The number of hydrogen-bond acceptors (Lipinski definition) is 2. The molecule has 5 heteroatoms. The highest BCUT2D eigenvalue weighted by molar-refractivity contribution is 6.31. The van der Waals surface area contributed by atoms with Crippen molar-refractivity contribution in [3.05, 3.63) is 64.2 Å². The summed E-state index contributed by atoms with van der Waals surface area (Å²) in [5.74, 6) is -0.467. The number of amides is 2. The molecule has 4 nitrogen and oxygen atoms in total. The smallest absolute Gasteiger partial charge is 0.233 e. The summed E-state index contributed by atoms with van der Waals surface area (Å²) >= 11 is 5.95. The van der Waals surface area contributed by atoms with Crippen molar-refractivity contribution in [3.63, 3.8) is 0 Å². The second kappa shape index (κ2) is 7.05. The maximum absolute atomic E-state index is 12.4. The molecule has 3 rings (SSSR count). The molecule has 0 unspecified atom stereocenters. The molecule has 1 N–H and O–H groups in total. The quantitative estimate of drug-likeness (QED) is 0.867. The van der Waals surface area contributed by atoms with Gasteiger partial charge in [-0.1, -0.05) is 41.9 Å². The summed E-state index contributed by atoms with van der Waals surface area (Å²) in [6, 6.07) is 13.4. The Bertz CT molecular complexity index is 789. The highest BCUT2D eigenvalue weighted by Crippen LogP contribution is 2.21. The molecule has 0 atom stereocenters. The lowest BCUT2D eigenvalue weighted by Gasteiger charge is -2.28. The molecule has 0 aliphatic carbocycles. The predicted octanol–water partition coefficient (Wildman–Crippen LogP) is 3.56. The van der Waals surface area contributed by atoms with Crippen molar-refractivity contribution < 1.29 is 9.59 Å². The van der Waals surface area contributed by atoms with E-state index >= 15 is 0 Å². The highest BCUT2D eigenvalue weighted by atomic mass is 35.5. The van der Waals surface area contributed by atoms with Crippen LogP contribution in [-0.4, -0.2) is 23.3 Å². The van der Waals surface area contributed by atoms with Gasteiger partial charge in [0.05, 0.1) is 0 Å². The van der Waals surface area contributed by atoms with E-state index in [0.717, 1.165) is 17.5 Å². The lowest BCUT2D eigenvalue weighted by Crippen LogP contribution is -2.37. The van der Waals surface area contributed by atoms with E-state index in [1.54, 1.807) is 17.0 Å². The van der Waals surface area contributed by atoms with Crippen LogP contribution in [0.25, 0.3) is 0 Å². The summed E-state index contributed by atoms with van der Waals surface area (Å²) in [6.45, 7) is 3.10. The summed E-state index contributed by atoms with van der Waals surface area (Å²) in [7, 11) is 0. The first-order chi connectivity index (χ1) is 11.5. The maximum Gasteiger partial charge on any atom is 0.233 e. The molecule has 0 saturated carbocycles. The SMILES string of the molecule is Cc1ccc(Cl)cc1NC(=O)CC(=O)N1CCc2ccccc2C1. The number of carbonyl (C=O) groups is 2. The number of aryl methyl sites for hydroxylation is 1. The third-order valence-corrected chi connectivity index (χ3v) is 4.50. The van der Waals surface area contributed by atoms with Crippen LogP contribution in [0.15, 0.2) is 42.5 Å². The average molecular weight is 343 g/mol. The Kier molecular flexibility index (Phi) is 4.86. The minimum atomic E-state index is -0.316. The van der Waals surface area contributed by atoms with Gasteiger partial charge in [0, 0.05) is 23.8 Å². The van der Waals surface area contributed by atoms with Crippen LogP contribution in [0.2, 0.25) is 5.02 Å². The van der Waals surface area contributed by atoms with E-state index in [2.05, 4.69) is 11.4 Å². The minimum absolute atomic E-state index is 0.151. The van der Waals surface area contributed by atoms with Crippen LogP contribution in [-0.2, 0) is 22.6 Å². The first-order valence-electron chi connectivity index (χ1n) is 7.93. The largest absolute Gasteiger partial charge is 0.338 e. The van der Waals surface area contributed by atoms with Crippen molar-refractivity contribution in [2.24, 2.45) is 0 Å². The number of halogens is 1. The molecule has 24 heavy (non-hydrogen) atoms.